The molecular formula is C12H16N2O2. The van der Waals surface area contributed by atoms with E-state index in [0.717, 1.165) is 12.0 Å². The van der Waals surface area contributed by atoms with Gasteiger partial charge in [-0.25, -0.2) is 0 Å². The lowest BCUT2D eigenvalue weighted by Gasteiger charge is -2.06. The van der Waals surface area contributed by atoms with Gasteiger partial charge >= 0.3 is 0 Å². The first-order valence-electron chi connectivity index (χ1n) is 5.24. The molecule has 1 rings (SSSR count). The molecule has 0 heterocycles. The minimum Gasteiger partial charge on any atom is -0.366 e. The lowest BCUT2D eigenvalue weighted by atomic mass is 10.1. The molecule has 0 radical (unpaired) electrons. The predicted molar refractivity (Wildman–Crippen MR) is 62.3 cm³/mol. The van der Waals surface area contributed by atoms with Gasteiger partial charge in [-0.05, 0) is 37.1 Å². The van der Waals surface area contributed by atoms with Crippen molar-refractivity contribution in [1.82, 2.24) is 5.32 Å². The van der Waals surface area contributed by atoms with Crippen LogP contribution >= 0.6 is 0 Å². The van der Waals surface area contributed by atoms with E-state index in [1.165, 1.54) is 6.07 Å². The molecule has 0 aliphatic rings. The number of carbonyl (C=O) groups is 2. The Hall–Kier alpha value is -1.84. The number of nitrogens with one attached hydrogen (secondary N) is 1. The molecule has 0 bridgehead atoms. The van der Waals surface area contributed by atoms with Gasteiger partial charge < -0.3 is 11.1 Å². The van der Waals surface area contributed by atoms with Crippen LogP contribution in [0, 0.1) is 6.92 Å². The second kappa shape index (κ2) is 5.30. The monoisotopic (exact) mass is 220 g/mol. The summed E-state index contributed by atoms with van der Waals surface area (Å²) in [6, 6.07) is 4.91. The van der Waals surface area contributed by atoms with Crippen molar-refractivity contribution in [3.05, 3.63) is 34.9 Å². The zero-order valence-electron chi connectivity index (χ0n) is 9.54. The molecule has 3 N–H and O–H groups in total. The first-order chi connectivity index (χ1) is 7.54. The predicted octanol–water partition coefficient (Wildman–Crippen LogP) is 1.23. The number of rotatable bonds is 4. The van der Waals surface area contributed by atoms with Gasteiger partial charge in [0.2, 0.25) is 5.91 Å². The van der Waals surface area contributed by atoms with E-state index in [1.54, 1.807) is 12.1 Å². The standard InChI is InChI=1S/C12H16N2O2/c1-3-4-14-12(16)10-6-8(2)5-9(7-10)11(13)15/h5-7H,3-4H2,1-2H3,(H2,13,15)(H,14,16). The highest BCUT2D eigenvalue weighted by atomic mass is 16.2. The number of carbonyl (C=O) groups excluding carboxylic acids is 2. The lowest BCUT2D eigenvalue weighted by molar-refractivity contribution is 0.0953. The zero-order valence-corrected chi connectivity index (χ0v) is 9.54. The third-order valence-corrected chi connectivity index (χ3v) is 2.16. The second-order valence-electron chi connectivity index (χ2n) is 3.71. The number of amides is 2. The van der Waals surface area contributed by atoms with Crippen LogP contribution in [0.25, 0.3) is 0 Å². The van der Waals surface area contributed by atoms with Crippen molar-refractivity contribution in [1.29, 1.82) is 0 Å². The largest absolute Gasteiger partial charge is 0.366 e. The minimum absolute atomic E-state index is 0.173. The Morgan fingerprint density at radius 1 is 1.25 bits per heavy atom. The summed E-state index contributed by atoms with van der Waals surface area (Å²) in [6.45, 7) is 4.42. The normalized spacial score (nSPS) is 9.88. The molecule has 0 aliphatic heterocycles. The summed E-state index contributed by atoms with van der Waals surface area (Å²) in [5.41, 5.74) is 6.86. The van der Waals surface area contributed by atoms with Gasteiger partial charge in [0.15, 0.2) is 0 Å². The maximum Gasteiger partial charge on any atom is 0.251 e. The summed E-state index contributed by atoms with van der Waals surface area (Å²) in [4.78, 5) is 22.7. The van der Waals surface area contributed by atoms with Gasteiger partial charge in [-0.3, -0.25) is 9.59 Å². The quantitative estimate of drug-likeness (QED) is 0.801. The molecule has 86 valence electrons. The minimum atomic E-state index is -0.520. The first kappa shape index (κ1) is 12.2. The molecule has 1 aromatic carbocycles. The van der Waals surface area contributed by atoms with Crippen LogP contribution < -0.4 is 11.1 Å². The number of hydrogen-bond acceptors (Lipinski definition) is 2. The molecule has 16 heavy (non-hydrogen) atoms. The SMILES string of the molecule is CCCNC(=O)c1cc(C)cc(C(N)=O)c1. The average Bonchev–Trinajstić information content (AvgIpc) is 2.24. The fourth-order valence-corrected chi connectivity index (χ4v) is 1.40. The van der Waals surface area contributed by atoms with Crippen LogP contribution in [0.5, 0.6) is 0 Å². The number of hydrogen-bond donors (Lipinski definition) is 2. The smallest absolute Gasteiger partial charge is 0.251 e. The molecule has 4 heteroatoms. The van der Waals surface area contributed by atoms with Crippen molar-refractivity contribution in [2.45, 2.75) is 20.3 Å². The van der Waals surface area contributed by atoms with Gasteiger partial charge in [0.05, 0.1) is 0 Å². The molecule has 0 spiro atoms. The average molecular weight is 220 g/mol. The lowest BCUT2D eigenvalue weighted by Crippen LogP contribution is -2.24. The van der Waals surface area contributed by atoms with E-state index in [2.05, 4.69) is 5.32 Å². The Kier molecular flexibility index (Phi) is 4.05. The molecule has 4 nitrogen and oxygen atoms in total. The van der Waals surface area contributed by atoms with Crippen LogP contribution in [0.1, 0.15) is 39.6 Å². The second-order valence-corrected chi connectivity index (χ2v) is 3.71. The van der Waals surface area contributed by atoms with Crippen LogP contribution in [0.3, 0.4) is 0 Å². The summed E-state index contributed by atoms with van der Waals surface area (Å²) in [6.07, 6.45) is 0.875. The van der Waals surface area contributed by atoms with E-state index < -0.39 is 5.91 Å². The van der Waals surface area contributed by atoms with Crippen LogP contribution in [-0.2, 0) is 0 Å². The van der Waals surface area contributed by atoms with Gasteiger partial charge in [0, 0.05) is 17.7 Å². The summed E-state index contributed by atoms with van der Waals surface area (Å²) in [5, 5.41) is 2.75. The molecule has 0 aliphatic carbocycles. The highest BCUT2D eigenvalue weighted by Gasteiger charge is 2.09. The van der Waals surface area contributed by atoms with Gasteiger partial charge in [-0.1, -0.05) is 6.92 Å². The third-order valence-electron chi connectivity index (χ3n) is 2.16. The van der Waals surface area contributed by atoms with Crippen LogP contribution in [0.15, 0.2) is 18.2 Å². The molecule has 0 unspecified atom stereocenters. The number of primary amides is 1. The molecule has 2 amide bonds. The summed E-state index contributed by atoms with van der Waals surface area (Å²) in [5.74, 6) is -0.693. The molecule has 0 saturated heterocycles. The Balaban J connectivity index is 2.95. The zero-order chi connectivity index (χ0) is 12.1. The molecule has 1 aromatic rings. The summed E-state index contributed by atoms with van der Waals surface area (Å²) in [7, 11) is 0. The molecule has 0 atom stereocenters. The maximum absolute atomic E-state index is 11.7. The van der Waals surface area contributed by atoms with Crippen molar-refractivity contribution in [2.24, 2.45) is 5.73 Å². The van der Waals surface area contributed by atoms with E-state index in [4.69, 9.17) is 5.73 Å². The molecular weight excluding hydrogens is 204 g/mol. The van der Waals surface area contributed by atoms with Crippen LogP contribution in [-0.4, -0.2) is 18.4 Å². The van der Waals surface area contributed by atoms with Gasteiger partial charge in [-0.2, -0.15) is 0 Å². The van der Waals surface area contributed by atoms with Crippen molar-refractivity contribution >= 4 is 11.8 Å². The fraction of sp³-hybridized carbons (Fsp3) is 0.333. The van der Waals surface area contributed by atoms with E-state index in [0.29, 0.717) is 17.7 Å². The highest BCUT2D eigenvalue weighted by molar-refractivity contribution is 5.99. The molecule has 0 aromatic heterocycles. The van der Waals surface area contributed by atoms with Crippen molar-refractivity contribution in [3.63, 3.8) is 0 Å². The van der Waals surface area contributed by atoms with Crippen LogP contribution in [0.4, 0.5) is 0 Å². The number of nitrogens with two attached hydrogens (primary N) is 1. The summed E-state index contributed by atoms with van der Waals surface area (Å²) >= 11 is 0. The third kappa shape index (κ3) is 3.08. The Bertz CT molecular complexity index is 413. The van der Waals surface area contributed by atoms with E-state index >= 15 is 0 Å². The van der Waals surface area contributed by atoms with Crippen LogP contribution in [0.2, 0.25) is 0 Å². The topological polar surface area (TPSA) is 72.2 Å². The summed E-state index contributed by atoms with van der Waals surface area (Å²) < 4.78 is 0. The van der Waals surface area contributed by atoms with Crippen molar-refractivity contribution < 1.29 is 9.59 Å². The maximum atomic E-state index is 11.7. The Morgan fingerprint density at radius 3 is 2.44 bits per heavy atom. The first-order valence-corrected chi connectivity index (χ1v) is 5.24. The molecule has 0 saturated carbocycles. The van der Waals surface area contributed by atoms with Gasteiger partial charge in [0.1, 0.15) is 0 Å². The van der Waals surface area contributed by atoms with Gasteiger partial charge in [-0.15, -0.1) is 0 Å². The van der Waals surface area contributed by atoms with E-state index in [-0.39, 0.29) is 5.91 Å². The Morgan fingerprint density at radius 2 is 1.88 bits per heavy atom. The number of benzene rings is 1. The van der Waals surface area contributed by atoms with Crippen molar-refractivity contribution in [3.8, 4) is 0 Å². The molecule has 0 fully saturated rings. The van der Waals surface area contributed by atoms with E-state index in [9.17, 15) is 9.59 Å². The Labute approximate surface area is 94.8 Å². The van der Waals surface area contributed by atoms with Gasteiger partial charge in [0.25, 0.3) is 5.91 Å². The van der Waals surface area contributed by atoms with Crippen molar-refractivity contribution in [2.75, 3.05) is 6.54 Å². The van der Waals surface area contributed by atoms with E-state index in [1.807, 2.05) is 13.8 Å². The fourth-order valence-electron chi connectivity index (χ4n) is 1.40. The highest BCUT2D eigenvalue weighted by Crippen LogP contribution is 2.09. The number of aryl methyl sites for hydroxylation is 1.